The monoisotopic (exact) mass is 227 g/mol. The summed E-state index contributed by atoms with van der Waals surface area (Å²) in [7, 11) is 0. The van der Waals surface area contributed by atoms with Gasteiger partial charge in [0.05, 0.1) is 12.7 Å². The summed E-state index contributed by atoms with van der Waals surface area (Å²) in [5, 5.41) is 0. The number of morpholine rings is 1. The van der Waals surface area contributed by atoms with Crippen molar-refractivity contribution in [2.24, 2.45) is 5.41 Å². The molecule has 0 N–H and O–H groups in total. The first-order chi connectivity index (χ1) is 7.43. The first kappa shape index (κ1) is 13.7. The highest BCUT2D eigenvalue weighted by Crippen LogP contribution is 2.17. The van der Waals surface area contributed by atoms with Crippen LogP contribution in [0.15, 0.2) is 0 Å². The summed E-state index contributed by atoms with van der Waals surface area (Å²) in [6.07, 6.45) is 2.09. The zero-order chi connectivity index (χ0) is 12.2. The Kier molecular flexibility index (Phi) is 4.93. The van der Waals surface area contributed by atoms with Gasteiger partial charge < -0.3 is 4.74 Å². The lowest BCUT2D eigenvalue weighted by Crippen LogP contribution is -2.43. The number of nitrogens with zero attached hydrogens (tertiary/aromatic N) is 1. The Hall–Kier alpha value is -0.410. The molecule has 0 aliphatic carbocycles. The molecule has 0 spiro atoms. The molecule has 1 unspecified atom stereocenters. The molecule has 0 amide bonds. The molecule has 3 heteroatoms. The molecule has 1 saturated heterocycles. The Labute approximate surface area is 99.1 Å². The molecule has 94 valence electrons. The van der Waals surface area contributed by atoms with Crippen LogP contribution in [0.1, 0.15) is 40.5 Å². The maximum atomic E-state index is 11.8. The van der Waals surface area contributed by atoms with Gasteiger partial charge in [-0.05, 0) is 6.42 Å². The number of ether oxygens (including phenoxy) is 1. The highest BCUT2D eigenvalue weighted by Gasteiger charge is 2.23. The third-order valence-electron chi connectivity index (χ3n) is 3.17. The Morgan fingerprint density at radius 3 is 2.69 bits per heavy atom. The van der Waals surface area contributed by atoms with Crippen molar-refractivity contribution in [2.75, 3.05) is 26.2 Å². The van der Waals surface area contributed by atoms with Gasteiger partial charge in [-0.2, -0.15) is 0 Å². The van der Waals surface area contributed by atoms with E-state index < -0.39 is 0 Å². The quantitative estimate of drug-likeness (QED) is 0.736. The SMILES string of the molecule is CCC1CN(CCC(=O)C(C)(C)C)CCO1. The smallest absolute Gasteiger partial charge is 0.139 e. The maximum absolute atomic E-state index is 11.8. The second-order valence-electron chi connectivity index (χ2n) is 5.62. The summed E-state index contributed by atoms with van der Waals surface area (Å²) in [4.78, 5) is 14.1. The minimum absolute atomic E-state index is 0.198. The van der Waals surface area contributed by atoms with Crippen molar-refractivity contribution in [1.29, 1.82) is 0 Å². The molecule has 1 heterocycles. The summed E-state index contributed by atoms with van der Waals surface area (Å²) in [6, 6.07) is 0. The van der Waals surface area contributed by atoms with Crippen LogP contribution in [0.3, 0.4) is 0 Å². The van der Waals surface area contributed by atoms with Crippen molar-refractivity contribution < 1.29 is 9.53 Å². The van der Waals surface area contributed by atoms with Crippen LogP contribution in [0.2, 0.25) is 0 Å². The number of carbonyl (C=O) groups is 1. The molecular formula is C13H25NO2. The van der Waals surface area contributed by atoms with Gasteiger partial charge in [0.1, 0.15) is 5.78 Å². The molecule has 1 atom stereocenters. The van der Waals surface area contributed by atoms with E-state index in [9.17, 15) is 4.79 Å². The molecule has 1 rings (SSSR count). The molecule has 3 nitrogen and oxygen atoms in total. The number of carbonyl (C=O) groups excluding carboxylic acids is 1. The first-order valence-electron chi connectivity index (χ1n) is 6.30. The molecule has 1 fully saturated rings. The highest BCUT2D eigenvalue weighted by atomic mass is 16.5. The molecule has 0 aromatic carbocycles. The van der Waals surface area contributed by atoms with Gasteiger partial charge in [-0.1, -0.05) is 27.7 Å². The van der Waals surface area contributed by atoms with E-state index in [1.165, 1.54) is 0 Å². The molecule has 0 radical (unpaired) electrons. The van der Waals surface area contributed by atoms with Crippen LogP contribution in [-0.2, 0) is 9.53 Å². The van der Waals surface area contributed by atoms with Gasteiger partial charge in [0.15, 0.2) is 0 Å². The van der Waals surface area contributed by atoms with Gasteiger partial charge >= 0.3 is 0 Å². The van der Waals surface area contributed by atoms with E-state index >= 15 is 0 Å². The normalized spacial score (nSPS) is 23.4. The third kappa shape index (κ3) is 4.22. The van der Waals surface area contributed by atoms with Gasteiger partial charge in [0, 0.05) is 31.5 Å². The molecule has 0 aromatic rings. The molecule has 0 aromatic heterocycles. The molecule has 16 heavy (non-hydrogen) atoms. The maximum Gasteiger partial charge on any atom is 0.139 e. The molecule has 1 aliphatic rings. The van der Waals surface area contributed by atoms with Crippen LogP contribution >= 0.6 is 0 Å². The Bertz CT molecular complexity index is 233. The van der Waals surface area contributed by atoms with E-state index in [2.05, 4.69) is 11.8 Å². The van der Waals surface area contributed by atoms with Crippen LogP contribution in [0, 0.1) is 5.41 Å². The van der Waals surface area contributed by atoms with Crippen LogP contribution in [-0.4, -0.2) is 43.0 Å². The third-order valence-corrected chi connectivity index (χ3v) is 3.17. The highest BCUT2D eigenvalue weighted by molar-refractivity contribution is 5.83. The van der Waals surface area contributed by atoms with Crippen LogP contribution in [0.25, 0.3) is 0 Å². The zero-order valence-corrected chi connectivity index (χ0v) is 11.1. The number of hydrogen-bond donors (Lipinski definition) is 0. The number of hydrogen-bond acceptors (Lipinski definition) is 3. The van der Waals surface area contributed by atoms with E-state index in [0.717, 1.165) is 32.7 Å². The van der Waals surface area contributed by atoms with E-state index in [4.69, 9.17) is 4.74 Å². The second kappa shape index (κ2) is 5.78. The predicted molar refractivity (Wildman–Crippen MR) is 65.6 cm³/mol. The van der Waals surface area contributed by atoms with Crippen molar-refractivity contribution in [1.82, 2.24) is 4.90 Å². The average Bonchev–Trinajstić information content (AvgIpc) is 2.25. The first-order valence-corrected chi connectivity index (χ1v) is 6.30. The van der Waals surface area contributed by atoms with Gasteiger partial charge in [-0.3, -0.25) is 9.69 Å². The molecule has 1 aliphatic heterocycles. The largest absolute Gasteiger partial charge is 0.376 e. The molecule has 0 bridgehead atoms. The Morgan fingerprint density at radius 1 is 1.44 bits per heavy atom. The van der Waals surface area contributed by atoms with Crippen molar-refractivity contribution in [3.63, 3.8) is 0 Å². The summed E-state index contributed by atoms with van der Waals surface area (Å²) in [6.45, 7) is 11.8. The minimum Gasteiger partial charge on any atom is -0.376 e. The topological polar surface area (TPSA) is 29.5 Å². The van der Waals surface area contributed by atoms with Gasteiger partial charge in [0.2, 0.25) is 0 Å². The fraction of sp³-hybridized carbons (Fsp3) is 0.923. The average molecular weight is 227 g/mol. The summed E-state index contributed by atoms with van der Waals surface area (Å²) in [5.74, 6) is 0.354. The lowest BCUT2D eigenvalue weighted by Gasteiger charge is -2.32. The van der Waals surface area contributed by atoms with Crippen molar-refractivity contribution >= 4 is 5.78 Å². The van der Waals surface area contributed by atoms with Crippen LogP contribution in [0.5, 0.6) is 0 Å². The summed E-state index contributed by atoms with van der Waals surface area (Å²) < 4.78 is 5.60. The number of Topliss-reactive ketones (excluding diaryl/α,β-unsaturated/α-hetero) is 1. The van der Waals surface area contributed by atoms with Crippen LogP contribution in [0.4, 0.5) is 0 Å². The summed E-state index contributed by atoms with van der Waals surface area (Å²) >= 11 is 0. The Balaban J connectivity index is 2.30. The van der Waals surface area contributed by atoms with Crippen molar-refractivity contribution in [3.8, 4) is 0 Å². The zero-order valence-electron chi connectivity index (χ0n) is 11.1. The van der Waals surface area contributed by atoms with E-state index in [0.29, 0.717) is 18.3 Å². The second-order valence-corrected chi connectivity index (χ2v) is 5.62. The van der Waals surface area contributed by atoms with E-state index in [1.54, 1.807) is 0 Å². The molecular weight excluding hydrogens is 202 g/mol. The van der Waals surface area contributed by atoms with Crippen molar-refractivity contribution in [3.05, 3.63) is 0 Å². The van der Waals surface area contributed by atoms with Crippen molar-refractivity contribution in [2.45, 2.75) is 46.6 Å². The Morgan fingerprint density at radius 2 is 2.12 bits per heavy atom. The van der Waals surface area contributed by atoms with Gasteiger partial charge in [-0.15, -0.1) is 0 Å². The van der Waals surface area contributed by atoms with Crippen LogP contribution < -0.4 is 0 Å². The van der Waals surface area contributed by atoms with E-state index in [-0.39, 0.29) is 5.41 Å². The number of rotatable bonds is 4. The minimum atomic E-state index is -0.198. The number of ketones is 1. The van der Waals surface area contributed by atoms with E-state index in [1.807, 2.05) is 20.8 Å². The standard InChI is InChI=1S/C13H25NO2/c1-5-11-10-14(8-9-16-11)7-6-12(15)13(2,3)4/h11H,5-10H2,1-4H3. The predicted octanol–water partition coefficient (Wildman–Crippen LogP) is 2.10. The lowest BCUT2D eigenvalue weighted by atomic mass is 9.89. The summed E-state index contributed by atoms with van der Waals surface area (Å²) in [5.41, 5.74) is -0.198. The molecule has 0 saturated carbocycles. The van der Waals surface area contributed by atoms with Gasteiger partial charge in [-0.25, -0.2) is 0 Å². The fourth-order valence-corrected chi connectivity index (χ4v) is 1.87. The lowest BCUT2D eigenvalue weighted by molar-refractivity contribution is -0.127. The fourth-order valence-electron chi connectivity index (χ4n) is 1.87. The van der Waals surface area contributed by atoms with Gasteiger partial charge in [0.25, 0.3) is 0 Å².